The van der Waals surface area contributed by atoms with Gasteiger partial charge in [0.05, 0.1) is 12.5 Å². The van der Waals surface area contributed by atoms with Crippen LogP contribution in [0, 0.1) is 11.7 Å². The van der Waals surface area contributed by atoms with E-state index < -0.39 is 11.5 Å². The Balaban J connectivity index is 1.75. The second kappa shape index (κ2) is 7.05. The molecule has 1 N–H and O–H groups in total. The highest BCUT2D eigenvalue weighted by Crippen LogP contribution is 2.14. The normalized spacial score (nSPS) is 10.9. The Kier molecular flexibility index (Phi) is 4.66. The first-order valence-electron chi connectivity index (χ1n) is 7.13. The van der Waals surface area contributed by atoms with Crippen molar-refractivity contribution < 1.29 is 13.9 Å². The molecule has 3 aromatic rings. The van der Waals surface area contributed by atoms with Gasteiger partial charge in [-0.1, -0.05) is 0 Å². The first-order valence-corrected chi connectivity index (χ1v) is 7.54. The largest absolute Gasteiger partial charge is 0.457 e. The summed E-state index contributed by atoms with van der Waals surface area (Å²) in [5.41, 5.74) is 0.545. The van der Waals surface area contributed by atoms with Crippen LogP contribution >= 0.6 is 12.2 Å². The Morgan fingerprint density at radius 1 is 1.36 bits per heavy atom. The average molecular weight is 356 g/mol. The number of nitrogens with zero attached hydrogens (tertiary/aromatic N) is 3. The summed E-state index contributed by atoms with van der Waals surface area (Å²) in [6, 6.07) is 9.68. The van der Waals surface area contributed by atoms with E-state index in [9.17, 15) is 9.59 Å². The van der Waals surface area contributed by atoms with E-state index in [-0.39, 0.29) is 16.2 Å². The maximum absolute atomic E-state index is 11.9. The highest BCUT2D eigenvalue weighted by Gasteiger charge is 2.10. The second-order valence-corrected chi connectivity index (χ2v) is 5.30. The van der Waals surface area contributed by atoms with E-state index in [2.05, 4.69) is 15.3 Å². The van der Waals surface area contributed by atoms with Crippen LogP contribution in [-0.2, 0) is 0 Å². The molecule has 0 saturated carbocycles. The summed E-state index contributed by atoms with van der Waals surface area (Å²) < 4.78 is 11.3. The minimum absolute atomic E-state index is 0.0934. The van der Waals surface area contributed by atoms with Crippen molar-refractivity contribution in [1.82, 2.24) is 14.9 Å². The molecule has 3 rings (SSSR count). The smallest absolute Gasteiger partial charge is 0.379 e. The number of benzene rings is 1. The summed E-state index contributed by atoms with van der Waals surface area (Å²) in [6.45, 7) is 1.56. The van der Waals surface area contributed by atoms with Gasteiger partial charge in [0, 0.05) is 0 Å². The van der Waals surface area contributed by atoms with Gasteiger partial charge in [-0.2, -0.15) is 14.9 Å². The molecule has 0 radical (unpaired) electrons. The zero-order valence-electron chi connectivity index (χ0n) is 13.0. The Morgan fingerprint density at radius 2 is 2.12 bits per heavy atom. The zero-order valence-corrected chi connectivity index (χ0v) is 13.8. The fourth-order valence-electron chi connectivity index (χ4n) is 1.88. The molecule has 9 heteroatoms. The number of aryl methyl sites for hydroxylation is 1. The average Bonchev–Trinajstić information content (AvgIpc) is 3.14. The third-order valence-corrected chi connectivity index (χ3v) is 3.41. The van der Waals surface area contributed by atoms with Crippen LogP contribution in [0.5, 0.6) is 5.75 Å². The SMILES string of the molecule is Cc1n[nH]c(=S)n(/N=C/c2ccc(OC(=O)c3ccco3)cc2)c1=O. The number of carbonyl (C=O) groups excluding carboxylic acids is 1. The number of aromatic nitrogens is 3. The van der Waals surface area contributed by atoms with Gasteiger partial charge in [-0.3, -0.25) is 9.89 Å². The summed E-state index contributed by atoms with van der Waals surface area (Å²) >= 11 is 4.99. The van der Waals surface area contributed by atoms with E-state index in [1.807, 2.05) is 0 Å². The van der Waals surface area contributed by atoms with Gasteiger partial charge in [-0.25, -0.2) is 4.79 Å². The number of ether oxygens (including phenoxy) is 1. The van der Waals surface area contributed by atoms with Crippen LogP contribution in [0.4, 0.5) is 0 Å². The van der Waals surface area contributed by atoms with Crippen LogP contribution in [-0.4, -0.2) is 27.1 Å². The summed E-state index contributed by atoms with van der Waals surface area (Å²) in [5, 5.41) is 10.3. The van der Waals surface area contributed by atoms with Crippen LogP contribution in [0.2, 0.25) is 0 Å². The quantitative estimate of drug-likeness (QED) is 0.333. The molecule has 2 aromatic heterocycles. The predicted molar refractivity (Wildman–Crippen MR) is 91.5 cm³/mol. The van der Waals surface area contributed by atoms with Crippen molar-refractivity contribution >= 4 is 24.4 Å². The summed E-state index contributed by atoms with van der Waals surface area (Å²) in [4.78, 5) is 23.7. The number of aromatic amines is 1. The maximum Gasteiger partial charge on any atom is 0.379 e. The lowest BCUT2D eigenvalue weighted by Gasteiger charge is -2.02. The molecule has 0 saturated heterocycles. The van der Waals surface area contributed by atoms with Crippen molar-refractivity contribution in [2.24, 2.45) is 5.10 Å². The lowest BCUT2D eigenvalue weighted by molar-refractivity contribution is 0.0701. The lowest BCUT2D eigenvalue weighted by atomic mass is 10.2. The van der Waals surface area contributed by atoms with Gasteiger partial charge in [0.25, 0.3) is 5.56 Å². The molecule has 0 amide bonds. The zero-order chi connectivity index (χ0) is 17.8. The molecular weight excluding hydrogens is 344 g/mol. The van der Waals surface area contributed by atoms with E-state index in [0.717, 1.165) is 4.68 Å². The number of H-pyrrole nitrogens is 1. The fraction of sp³-hybridized carbons (Fsp3) is 0.0625. The van der Waals surface area contributed by atoms with Gasteiger partial charge in [0.2, 0.25) is 10.5 Å². The van der Waals surface area contributed by atoms with Crippen molar-refractivity contribution in [2.45, 2.75) is 6.92 Å². The molecule has 126 valence electrons. The standard InChI is InChI=1S/C16H12N4O4S/c1-10-14(21)20(16(25)19-18-10)17-9-11-4-6-12(7-5-11)24-15(22)13-3-2-8-23-13/h2-9H,1H3,(H,19,25)/b17-9+. The van der Waals surface area contributed by atoms with Gasteiger partial charge in [-0.15, -0.1) is 0 Å². The Hall–Kier alpha value is -3.33. The molecular formula is C16H12N4O4S. The molecule has 0 spiro atoms. The third-order valence-electron chi connectivity index (χ3n) is 3.15. The molecule has 8 nitrogen and oxygen atoms in total. The number of hydrogen-bond donors (Lipinski definition) is 1. The second-order valence-electron chi connectivity index (χ2n) is 4.91. The van der Waals surface area contributed by atoms with Crippen LogP contribution in [0.1, 0.15) is 21.8 Å². The van der Waals surface area contributed by atoms with Crippen LogP contribution in [0.3, 0.4) is 0 Å². The summed E-state index contributed by atoms with van der Waals surface area (Å²) in [6.07, 6.45) is 2.85. The van der Waals surface area contributed by atoms with E-state index in [1.54, 1.807) is 37.3 Å². The molecule has 0 aliphatic heterocycles. The fourth-order valence-corrected chi connectivity index (χ4v) is 2.05. The molecule has 0 aliphatic carbocycles. The number of carbonyl (C=O) groups is 1. The predicted octanol–water partition coefficient (Wildman–Crippen LogP) is 2.30. The Bertz CT molecular complexity index is 1030. The first kappa shape index (κ1) is 16.5. The van der Waals surface area contributed by atoms with Gasteiger partial charge < -0.3 is 9.15 Å². The summed E-state index contributed by atoms with van der Waals surface area (Å²) in [7, 11) is 0. The number of furan rings is 1. The van der Waals surface area contributed by atoms with Crippen LogP contribution in [0.15, 0.2) is 57.0 Å². The molecule has 0 unspecified atom stereocenters. The third kappa shape index (κ3) is 3.78. The monoisotopic (exact) mass is 356 g/mol. The number of nitrogens with one attached hydrogen (secondary N) is 1. The maximum atomic E-state index is 11.9. The van der Waals surface area contributed by atoms with E-state index in [0.29, 0.717) is 11.3 Å². The van der Waals surface area contributed by atoms with E-state index in [4.69, 9.17) is 21.4 Å². The highest BCUT2D eigenvalue weighted by atomic mass is 32.1. The van der Waals surface area contributed by atoms with Crippen molar-refractivity contribution in [3.05, 3.63) is 74.8 Å². The molecule has 0 atom stereocenters. The minimum atomic E-state index is -0.587. The Labute approximate surface area is 146 Å². The number of hydrogen-bond acceptors (Lipinski definition) is 7. The van der Waals surface area contributed by atoms with Crippen LogP contribution in [0.25, 0.3) is 0 Å². The molecule has 0 bridgehead atoms. The molecule has 1 aromatic carbocycles. The highest BCUT2D eigenvalue weighted by molar-refractivity contribution is 7.71. The minimum Gasteiger partial charge on any atom is -0.457 e. The van der Waals surface area contributed by atoms with Crippen LogP contribution < -0.4 is 10.3 Å². The van der Waals surface area contributed by atoms with E-state index >= 15 is 0 Å². The topological polar surface area (TPSA) is 102 Å². The molecule has 0 aliphatic rings. The van der Waals surface area contributed by atoms with Gasteiger partial charge >= 0.3 is 5.97 Å². The van der Waals surface area contributed by atoms with E-state index in [1.165, 1.54) is 18.5 Å². The van der Waals surface area contributed by atoms with Crippen molar-refractivity contribution in [3.63, 3.8) is 0 Å². The van der Waals surface area contributed by atoms with Gasteiger partial charge in [0.15, 0.2) is 0 Å². The van der Waals surface area contributed by atoms with Crippen molar-refractivity contribution in [2.75, 3.05) is 0 Å². The lowest BCUT2D eigenvalue weighted by Crippen LogP contribution is -2.22. The van der Waals surface area contributed by atoms with Gasteiger partial charge in [0.1, 0.15) is 11.4 Å². The van der Waals surface area contributed by atoms with Gasteiger partial charge in [-0.05, 0) is 61.1 Å². The first-order chi connectivity index (χ1) is 12.0. The molecule has 25 heavy (non-hydrogen) atoms. The number of esters is 1. The molecule has 2 heterocycles. The Morgan fingerprint density at radius 3 is 2.80 bits per heavy atom. The van der Waals surface area contributed by atoms with Crippen molar-refractivity contribution in [3.8, 4) is 5.75 Å². The van der Waals surface area contributed by atoms with Crippen molar-refractivity contribution in [1.29, 1.82) is 0 Å². The number of rotatable bonds is 4. The molecule has 0 fully saturated rings. The summed E-state index contributed by atoms with van der Waals surface area (Å²) in [5.74, 6) is -0.114.